The molecule has 160 valence electrons. The van der Waals surface area contributed by atoms with Crippen LogP contribution < -0.4 is 15.0 Å². The van der Waals surface area contributed by atoms with Crippen LogP contribution in [0.4, 0.5) is 5.69 Å². The van der Waals surface area contributed by atoms with E-state index in [1.807, 2.05) is 54.6 Å². The van der Waals surface area contributed by atoms with Gasteiger partial charge in [-0.1, -0.05) is 42.5 Å². The first kappa shape index (κ1) is 21.6. The number of carbonyl (C=O) groups excluding carboxylic acids is 1. The molecule has 7 nitrogen and oxygen atoms in total. The molecule has 0 saturated carbocycles. The summed E-state index contributed by atoms with van der Waals surface area (Å²) >= 11 is 0. The van der Waals surface area contributed by atoms with E-state index in [0.717, 1.165) is 43.2 Å². The van der Waals surface area contributed by atoms with E-state index in [-0.39, 0.29) is 12.3 Å². The molecule has 1 atom stereocenters. The summed E-state index contributed by atoms with van der Waals surface area (Å²) < 4.78 is 5.44. The van der Waals surface area contributed by atoms with Gasteiger partial charge < -0.3 is 20.1 Å². The van der Waals surface area contributed by atoms with Gasteiger partial charge in [-0.25, -0.2) is 0 Å². The maximum Gasteiger partial charge on any atom is 0.308 e. The van der Waals surface area contributed by atoms with Crippen LogP contribution in [0.3, 0.4) is 0 Å². The van der Waals surface area contributed by atoms with Crippen molar-refractivity contribution in [2.45, 2.75) is 13.0 Å². The third-order valence-corrected chi connectivity index (χ3v) is 5.39. The number of benzene rings is 2. The number of ether oxygens (including phenoxy) is 1. The molecule has 1 aliphatic rings. The number of carbonyl (C=O) groups is 2. The number of amides is 1. The first-order chi connectivity index (χ1) is 14.6. The lowest BCUT2D eigenvalue weighted by Gasteiger charge is -2.37. The third-order valence-electron chi connectivity index (χ3n) is 5.39. The van der Waals surface area contributed by atoms with E-state index >= 15 is 0 Å². The quantitative estimate of drug-likeness (QED) is 0.659. The van der Waals surface area contributed by atoms with E-state index in [1.165, 1.54) is 0 Å². The molecule has 1 saturated heterocycles. The highest BCUT2D eigenvalue weighted by atomic mass is 16.5. The van der Waals surface area contributed by atoms with Crippen LogP contribution in [0.1, 0.15) is 12.0 Å². The van der Waals surface area contributed by atoms with Crippen molar-refractivity contribution in [2.75, 3.05) is 44.7 Å². The Morgan fingerprint density at radius 2 is 1.70 bits per heavy atom. The highest BCUT2D eigenvalue weighted by Crippen LogP contribution is 2.28. The van der Waals surface area contributed by atoms with Crippen molar-refractivity contribution in [3.8, 4) is 5.75 Å². The fourth-order valence-corrected chi connectivity index (χ4v) is 3.70. The number of aliphatic carboxylic acids is 1. The molecule has 0 unspecified atom stereocenters. The largest absolute Gasteiger partial charge is 0.495 e. The molecule has 0 aliphatic carbocycles. The number of carboxylic acids is 1. The highest BCUT2D eigenvalue weighted by molar-refractivity contribution is 5.82. The van der Waals surface area contributed by atoms with Gasteiger partial charge in [0, 0.05) is 45.7 Å². The highest BCUT2D eigenvalue weighted by Gasteiger charge is 2.27. The minimum absolute atomic E-state index is 0.0190. The van der Waals surface area contributed by atoms with Gasteiger partial charge in [-0.2, -0.15) is 0 Å². The van der Waals surface area contributed by atoms with Crippen molar-refractivity contribution < 1.29 is 19.4 Å². The van der Waals surface area contributed by atoms with Gasteiger partial charge in [-0.3, -0.25) is 14.5 Å². The van der Waals surface area contributed by atoms with Crippen molar-refractivity contribution in [3.05, 3.63) is 60.2 Å². The van der Waals surface area contributed by atoms with Gasteiger partial charge in [-0.15, -0.1) is 0 Å². The minimum atomic E-state index is -0.933. The number of para-hydroxylation sites is 2. The third kappa shape index (κ3) is 5.97. The van der Waals surface area contributed by atoms with Crippen LogP contribution in [0.5, 0.6) is 5.75 Å². The van der Waals surface area contributed by atoms with Crippen LogP contribution in [0.2, 0.25) is 0 Å². The normalized spacial score (nSPS) is 15.4. The van der Waals surface area contributed by atoms with E-state index < -0.39 is 11.9 Å². The van der Waals surface area contributed by atoms with Crippen molar-refractivity contribution in [1.82, 2.24) is 10.2 Å². The second kappa shape index (κ2) is 10.6. The number of hydrogen-bond acceptors (Lipinski definition) is 5. The van der Waals surface area contributed by atoms with Gasteiger partial charge in [-0.05, 0) is 17.7 Å². The molecule has 7 heteroatoms. The Kier molecular flexibility index (Phi) is 7.68. The van der Waals surface area contributed by atoms with Crippen molar-refractivity contribution in [1.29, 1.82) is 0 Å². The molecular weight excluding hydrogens is 382 g/mol. The summed E-state index contributed by atoms with van der Waals surface area (Å²) in [6.45, 7) is 3.83. The first-order valence-corrected chi connectivity index (χ1v) is 10.2. The Morgan fingerprint density at radius 1 is 1.03 bits per heavy atom. The van der Waals surface area contributed by atoms with Gasteiger partial charge in [0.15, 0.2) is 0 Å². The van der Waals surface area contributed by atoms with Gasteiger partial charge >= 0.3 is 5.97 Å². The second-order valence-electron chi connectivity index (χ2n) is 7.46. The summed E-state index contributed by atoms with van der Waals surface area (Å²) in [5.41, 5.74) is 2.04. The minimum Gasteiger partial charge on any atom is -0.495 e. The molecule has 30 heavy (non-hydrogen) atoms. The smallest absolute Gasteiger partial charge is 0.308 e. The molecule has 0 radical (unpaired) electrons. The maximum atomic E-state index is 12.3. The Hall–Kier alpha value is -3.06. The van der Waals surface area contributed by atoms with E-state index in [4.69, 9.17) is 4.74 Å². The van der Waals surface area contributed by atoms with E-state index in [1.54, 1.807) is 7.11 Å². The van der Waals surface area contributed by atoms with Crippen molar-refractivity contribution >= 4 is 17.6 Å². The molecule has 1 amide bonds. The van der Waals surface area contributed by atoms with Gasteiger partial charge in [0.1, 0.15) is 5.75 Å². The van der Waals surface area contributed by atoms with E-state index in [2.05, 4.69) is 15.1 Å². The van der Waals surface area contributed by atoms with E-state index in [9.17, 15) is 14.7 Å². The summed E-state index contributed by atoms with van der Waals surface area (Å²) in [7, 11) is 1.66. The average Bonchev–Trinajstić information content (AvgIpc) is 2.78. The molecule has 1 fully saturated rings. The maximum absolute atomic E-state index is 12.3. The Morgan fingerprint density at radius 3 is 2.37 bits per heavy atom. The lowest BCUT2D eigenvalue weighted by Crippen LogP contribution is -2.49. The fraction of sp³-hybridized carbons (Fsp3) is 0.391. The molecule has 1 heterocycles. The summed E-state index contributed by atoms with van der Waals surface area (Å²) in [5.74, 6) is -1.06. The molecule has 2 N–H and O–H groups in total. The summed E-state index contributed by atoms with van der Waals surface area (Å²) in [6, 6.07) is 17.5. The van der Waals surface area contributed by atoms with E-state index in [0.29, 0.717) is 13.1 Å². The molecule has 3 rings (SSSR count). The molecule has 2 aromatic carbocycles. The van der Waals surface area contributed by atoms with Crippen LogP contribution in [-0.4, -0.2) is 61.7 Å². The number of piperazine rings is 1. The molecule has 1 aliphatic heterocycles. The number of methoxy groups -OCH3 is 1. The first-order valence-electron chi connectivity index (χ1n) is 10.2. The standard InChI is InChI=1S/C23H29N3O4/c1-30-21-10-6-5-9-20(21)26-13-11-25(12-14-26)17-19(23(28)29)15-22(27)24-16-18-7-3-2-4-8-18/h2-10,19H,11-17H2,1H3,(H,24,27)(H,28,29)/t19-/m1/s1. The molecule has 0 aromatic heterocycles. The monoisotopic (exact) mass is 411 g/mol. The zero-order chi connectivity index (χ0) is 21.3. The van der Waals surface area contributed by atoms with Crippen molar-refractivity contribution in [3.63, 3.8) is 0 Å². The number of anilines is 1. The number of nitrogens with zero attached hydrogens (tertiary/aromatic N) is 2. The molecule has 2 aromatic rings. The Balaban J connectivity index is 1.48. The predicted molar refractivity (Wildman–Crippen MR) is 116 cm³/mol. The molecule has 0 bridgehead atoms. The topological polar surface area (TPSA) is 82.1 Å². The van der Waals surface area contributed by atoms with Crippen molar-refractivity contribution in [2.24, 2.45) is 5.92 Å². The van der Waals surface area contributed by atoms with Crippen LogP contribution >= 0.6 is 0 Å². The van der Waals surface area contributed by atoms with Gasteiger partial charge in [0.2, 0.25) is 5.91 Å². The molecular formula is C23H29N3O4. The summed E-state index contributed by atoms with van der Waals surface area (Å²) in [4.78, 5) is 28.4. The van der Waals surface area contributed by atoms with Gasteiger partial charge in [0.05, 0.1) is 18.7 Å². The number of hydrogen-bond donors (Lipinski definition) is 2. The summed E-state index contributed by atoms with van der Waals surface area (Å²) in [5, 5.41) is 12.4. The lowest BCUT2D eigenvalue weighted by molar-refractivity contribution is -0.144. The Labute approximate surface area is 177 Å². The van der Waals surface area contributed by atoms with Crippen LogP contribution in [0.25, 0.3) is 0 Å². The number of rotatable bonds is 9. The number of nitrogens with one attached hydrogen (secondary N) is 1. The zero-order valence-corrected chi connectivity index (χ0v) is 17.3. The van der Waals surface area contributed by atoms with Crippen LogP contribution in [0.15, 0.2) is 54.6 Å². The lowest BCUT2D eigenvalue weighted by atomic mass is 10.0. The second-order valence-corrected chi connectivity index (χ2v) is 7.46. The fourth-order valence-electron chi connectivity index (χ4n) is 3.70. The van der Waals surface area contributed by atoms with Crippen LogP contribution in [-0.2, 0) is 16.1 Å². The average molecular weight is 412 g/mol. The SMILES string of the molecule is COc1ccccc1N1CCN(C[C@@H](CC(=O)NCc2ccccc2)C(=O)O)CC1. The van der Waals surface area contributed by atoms with Crippen LogP contribution in [0, 0.1) is 5.92 Å². The predicted octanol–water partition coefficient (Wildman–Crippen LogP) is 2.22. The number of carboxylic acid groups (broad SMARTS) is 1. The zero-order valence-electron chi connectivity index (χ0n) is 17.3. The van der Waals surface area contributed by atoms with Gasteiger partial charge in [0.25, 0.3) is 0 Å². The Bertz CT molecular complexity index is 835. The summed E-state index contributed by atoms with van der Waals surface area (Å²) in [6.07, 6.45) is -0.0190. The molecule has 0 spiro atoms.